The molecule has 2 aromatic rings. The molecule has 2 rings (SSSR count). The van der Waals surface area contributed by atoms with Crippen LogP contribution in [-0.4, -0.2) is 31.7 Å². The molecule has 0 spiro atoms. The number of hydrogen-bond acceptors (Lipinski definition) is 5. The summed E-state index contributed by atoms with van der Waals surface area (Å²) in [6.07, 6.45) is -1.34. The molecule has 0 saturated heterocycles. The van der Waals surface area contributed by atoms with Gasteiger partial charge < -0.3 is 19.5 Å². The van der Waals surface area contributed by atoms with Crippen LogP contribution in [0.15, 0.2) is 30.3 Å². The Balaban J connectivity index is 2.07. The van der Waals surface area contributed by atoms with E-state index in [0.717, 1.165) is 6.07 Å². The van der Waals surface area contributed by atoms with E-state index in [2.05, 4.69) is 0 Å². The van der Waals surface area contributed by atoms with Crippen LogP contribution in [0.1, 0.15) is 24.2 Å². The van der Waals surface area contributed by atoms with Gasteiger partial charge in [-0.25, -0.2) is 18.0 Å². The van der Waals surface area contributed by atoms with E-state index >= 15 is 0 Å². The highest BCUT2D eigenvalue weighted by Crippen LogP contribution is 2.28. The van der Waals surface area contributed by atoms with E-state index in [4.69, 9.17) is 14.2 Å². The number of amides is 1. The summed E-state index contributed by atoms with van der Waals surface area (Å²) in [5.41, 5.74) is -0.478. The SMILES string of the molecule is CCOc1ccc(C(=O)O[C@H](C)C(=O)Nc2ccc(F)c(F)c2F)cc1OC. The number of hydrogen-bond donors (Lipinski definition) is 1. The van der Waals surface area contributed by atoms with Gasteiger partial charge >= 0.3 is 5.97 Å². The van der Waals surface area contributed by atoms with E-state index < -0.39 is 41.1 Å². The molecule has 0 fully saturated rings. The van der Waals surface area contributed by atoms with Crippen LogP contribution in [0.25, 0.3) is 0 Å². The first-order chi connectivity index (χ1) is 13.3. The van der Waals surface area contributed by atoms with Gasteiger partial charge in [-0.2, -0.15) is 0 Å². The minimum absolute atomic E-state index is 0.0963. The van der Waals surface area contributed by atoms with E-state index in [1.807, 2.05) is 5.32 Å². The van der Waals surface area contributed by atoms with E-state index in [1.54, 1.807) is 6.92 Å². The maximum Gasteiger partial charge on any atom is 0.339 e. The summed E-state index contributed by atoms with van der Waals surface area (Å²) < 4.78 is 55.3. The zero-order chi connectivity index (χ0) is 20.8. The molecule has 1 atom stereocenters. The summed E-state index contributed by atoms with van der Waals surface area (Å²) in [7, 11) is 1.40. The maximum atomic E-state index is 13.6. The van der Waals surface area contributed by atoms with Gasteiger partial charge in [0.25, 0.3) is 5.91 Å². The average molecular weight is 397 g/mol. The predicted molar refractivity (Wildman–Crippen MR) is 94.0 cm³/mol. The highest BCUT2D eigenvalue weighted by atomic mass is 19.2. The lowest BCUT2D eigenvalue weighted by Crippen LogP contribution is -2.30. The number of carbonyl (C=O) groups excluding carboxylic acids is 2. The summed E-state index contributed by atoms with van der Waals surface area (Å²) in [4.78, 5) is 24.3. The number of rotatable bonds is 7. The number of methoxy groups -OCH3 is 1. The Morgan fingerprint density at radius 1 is 1.07 bits per heavy atom. The van der Waals surface area contributed by atoms with E-state index in [-0.39, 0.29) is 5.56 Å². The molecule has 0 aromatic heterocycles. The maximum absolute atomic E-state index is 13.6. The van der Waals surface area contributed by atoms with Gasteiger partial charge in [0.05, 0.1) is 25.0 Å². The molecule has 0 bridgehead atoms. The smallest absolute Gasteiger partial charge is 0.339 e. The molecule has 0 saturated carbocycles. The third kappa shape index (κ3) is 4.73. The number of esters is 1. The van der Waals surface area contributed by atoms with Crippen LogP contribution in [0, 0.1) is 17.5 Å². The zero-order valence-corrected chi connectivity index (χ0v) is 15.3. The Morgan fingerprint density at radius 2 is 1.79 bits per heavy atom. The van der Waals surface area contributed by atoms with E-state index in [0.29, 0.717) is 24.2 Å². The second-order valence-corrected chi connectivity index (χ2v) is 5.56. The lowest BCUT2D eigenvalue weighted by Gasteiger charge is -2.15. The Kier molecular flexibility index (Phi) is 6.86. The summed E-state index contributed by atoms with van der Waals surface area (Å²) in [6.45, 7) is 3.44. The lowest BCUT2D eigenvalue weighted by molar-refractivity contribution is -0.123. The van der Waals surface area contributed by atoms with Crippen molar-refractivity contribution in [3.63, 3.8) is 0 Å². The molecule has 9 heteroatoms. The number of halogens is 3. The second kappa shape index (κ2) is 9.12. The van der Waals surface area contributed by atoms with Crippen molar-refractivity contribution in [1.82, 2.24) is 0 Å². The van der Waals surface area contributed by atoms with Gasteiger partial charge in [0.15, 0.2) is 35.1 Å². The van der Waals surface area contributed by atoms with Crippen LogP contribution in [0.3, 0.4) is 0 Å². The molecule has 0 aliphatic heterocycles. The van der Waals surface area contributed by atoms with Crippen molar-refractivity contribution in [2.45, 2.75) is 20.0 Å². The van der Waals surface area contributed by atoms with Crippen molar-refractivity contribution in [3.8, 4) is 11.5 Å². The fraction of sp³-hybridized carbons (Fsp3) is 0.263. The van der Waals surface area contributed by atoms with Crippen molar-refractivity contribution in [1.29, 1.82) is 0 Å². The molecule has 2 aromatic carbocycles. The van der Waals surface area contributed by atoms with Crippen LogP contribution < -0.4 is 14.8 Å². The highest BCUT2D eigenvalue weighted by molar-refractivity contribution is 5.97. The molecule has 0 aliphatic rings. The van der Waals surface area contributed by atoms with E-state index in [9.17, 15) is 22.8 Å². The van der Waals surface area contributed by atoms with Gasteiger partial charge in [-0.15, -0.1) is 0 Å². The van der Waals surface area contributed by atoms with Crippen LogP contribution in [0.4, 0.5) is 18.9 Å². The molecular weight excluding hydrogens is 379 g/mol. The molecule has 0 radical (unpaired) electrons. The lowest BCUT2D eigenvalue weighted by atomic mass is 10.2. The molecule has 0 heterocycles. The van der Waals surface area contributed by atoms with Gasteiger partial charge in [-0.1, -0.05) is 0 Å². The summed E-state index contributed by atoms with van der Waals surface area (Å²) in [5, 5.41) is 2.04. The third-order valence-corrected chi connectivity index (χ3v) is 3.65. The third-order valence-electron chi connectivity index (χ3n) is 3.65. The average Bonchev–Trinajstić information content (AvgIpc) is 2.68. The fourth-order valence-electron chi connectivity index (χ4n) is 2.21. The Bertz CT molecular complexity index is 888. The number of carbonyl (C=O) groups is 2. The number of anilines is 1. The van der Waals surface area contributed by atoms with Gasteiger partial charge in [-0.3, -0.25) is 4.79 Å². The molecular formula is C19H18F3NO5. The fourth-order valence-corrected chi connectivity index (χ4v) is 2.21. The molecule has 0 aliphatic carbocycles. The van der Waals surface area contributed by atoms with Crippen LogP contribution >= 0.6 is 0 Å². The second-order valence-electron chi connectivity index (χ2n) is 5.56. The Labute approximate surface area is 159 Å². The van der Waals surface area contributed by atoms with Crippen molar-refractivity contribution in [3.05, 3.63) is 53.3 Å². The summed E-state index contributed by atoms with van der Waals surface area (Å²) >= 11 is 0. The minimum Gasteiger partial charge on any atom is -0.493 e. The van der Waals surface area contributed by atoms with Gasteiger partial charge in [0.1, 0.15) is 0 Å². The summed E-state index contributed by atoms with van der Waals surface area (Å²) in [5.74, 6) is -5.68. The molecule has 1 amide bonds. The first kappa shape index (κ1) is 21.1. The van der Waals surface area contributed by atoms with Crippen molar-refractivity contribution < 1.29 is 37.0 Å². The van der Waals surface area contributed by atoms with Crippen LogP contribution in [0.2, 0.25) is 0 Å². The van der Waals surface area contributed by atoms with Crippen LogP contribution in [0.5, 0.6) is 11.5 Å². The largest absolute Gasteiger partial charge is 0.493 e. The molecule has 0 unspecified atom stereocenters. The minimum atomic E-state index is -1.72. The molecule has 28 heavy (non-hydrogen) atoms. The number of benzene rings is 2. The van der Waals surface area contributed by atoms with Gasteiger partial charge in [0.2, 0.25) is 0 Å². The molecule has 1 N–H and O–H groups in total. The highest BCUT2D eigenvalue weighted by Gasteiger charge is 2.22. The predicted octanol–water partition coefficient (Wildman–Crippen LogP) is 3.70. The van der Waals surface area contributed by atoms with E-state index in [1.165, 1.54) is 32.2 Å². The van der Waals surface area contributed by atoms with Crippen LogP contribution in [-0.2, 0) is 9.53 Å². The standard InChI is InChI=1S/C19H18F3NO5/c1-4-27-14-8-5-11(9-15(14)26-3)19(25)28-10(2)18(24)23-13-7-6-12(20)16(21)17(13)22/h5-10H,4H2,1-3H3,(H,23,24)/t10-/m1/s1. The topological polar surface area (TPSA) is 73.9 Å². The first-order valence-corrected chi connectivity index (χ1v) is 8.24. The summed E-state index contributed by atoms with van der Waals surface area (Å²) in [6, 6.07) is 5.84. The normalized spacial score (nSPS) is 11.5. The van der Waals surface area contributed by atoms with Crippen molar-refractivity contribution in [2.75, 3.05) is 19.0 Å². The Morgan fingerprint density at radius 3 is 2.43 bits per heavy atom. The molecule has 6 nitrogen and oxygen atoms in total. The van der Waals surface area contributed by atoms with Gasteiger partial charge in [0, 0.05) is 0 Å². The zero-order valence-electron chi connectivity index (χ0n) is 15.3. The Hall–Kier alpha value is -3.23. The number of nitrogens with one attached hydrogen (secondary N) is 1. The van der Waals surface area contributed by atoms with Gasteiger partial charge in [-0.05, 0) is 44.2 Å². The molecule has 150 valence electrons. The van der Waals surface area contributed by atoms with Crippen molar-refractivity contribution in [2.24, 2.45) is 0 Å². The first-order valence-electron chi connectivity index (χ1n) is 8.24. The van der Waals surface area contributed by atoms with Crippen molar-refractivity contribution >= 4 is 17.6 Å². The monoisotopic (exact) mass is 397 g/mol. The number of ether oxygens (including phenoxy) is 3. The quantitative estimate of drug-likeness (QED) is 0.570.